The van der Waals surface area contributed by atoms with Crippen molar-refractivity contribution in [3.8, 4) is 0 Å². The van der Waals surface area contributed by atoms with Gasteiger partial charge in [0, 0.05) is 28.7 Å². The number of Topliss-reactive ketones (excluding diaryl/α,β-unsaturated/α-hetero) is 3. The molecule has 0 amide bonds. The van der Waals surface area contributed by atoms with E-state index in [1.165, 1.54) is 0 Å². The Morgan fingerprint density at radius 1 is 0.686 bits per heavy atom. The molecule has 5 unspecified atom stereocenters. The van der Waals surface area contributed by atoms with E-state index in [4.69, 9.17) is 0 Å². The van der Waals surface area contributed by atoms with Gasteiger partial charge in [0.2, 0.25) is 0 Å². The van der Waals surface area contributed by atoms with Crippen molar-refractivity contribution in [1.29, 1.82) is 0 Å². The predicted octanol–water partition coefficient (Wildman–Crippen LogP) is 5.62. The number of fused-ring (bicyclic) bond motifs is 4. The van der Waals surface area contributed by atoms with Gasteiger partial charge >= 0.3 is 0 Å². The number of hydrogen-bond acceptors (Lipinski definition) is 4. The molecule has 4 nitrogen and oxygen atoms in total. The van der Waals surface area contributed by atoms with Crippen molar-refractivity contribution < 1.29 is 14.4 Å². The van der Waals surface area contributed by atoms with Gasteiger partial charge in [-0.3, -0.25) is 14.4 Å². The first kappa shape index (κ1) is 20.3. The molecular formula is C31H23NO3. The van der Waals surface area contributed by atoms with E-state index >= 15 is 0 Å². The van der Waals surface area contributed by atoms with Crippen molar-refractivity contribution >= 4 is 28.6 Å². The minimum absolute atomic E-state index is 0.00145. The van der Waals surface area contributed by atoms with Crippen molar-refractivity contribution in [2.75, 3.05) is 5.32 Å². The quantitative estimate of drug-likeness (QED) is 0.595. The van der Waals surface area contributed by atoms with Crippen molar-refractivity contribution in [3.63, 3.8) is 0 Å². The molecule has 35 heavy (non-hydrogen) atoms. The maximum atomic E-state index is 13.5. The highest BCUT2D eigenvalue weighted by molar-refractivity contribution is 6.20. The van der Waals surface area contributed by atoms with Crippen molar-refractivity contribution in [3.05, 3.63) is 119 Å². The molecule has 0 fully saturated rings. The summed E-state index contributed by atoms with van der Waals surface area (Å²) < 4.78 is 0. The fourth-order valence-corrected chi connectivity index (χ4v) is 6.45. The number of anilines is 1. The molecule has 0 saturated heterocycles. The van der Waals surface area contributed by atoms with E-state index in [0.29, 0.717) is 23.2 Å². The molecular weight excluding hydrogens is 434 g/mol. The predicted molar refractivity (Wildman–Crippen MR) is 135 cm³/mol. The summed E-state index contributed by atoms with van der Waals surface area (Å²) in [5, 5.41) is 3.58. The normalized spacial score (nSPS) is 29.5. The summed E-state index contributed by atoms with van der Waals surface area (Å²) in [5.41, 5.74) is 5.74. The Hall–Kier alpha value is -4.05. The monoisotopic (exact) mass is 457 g/mol. The zero-order valence-electron chi connectivity index (χ0n) is 19.0. The lowest BCUT2D eigenvalue weighted by Crippen LogP contribution is -2.39. The summed E-state index contributed by atoms with van der Waals surface area (Å²) in [6, 6.07) is 13.2. The molecule has 0 aromatic heterocycles. The van der Waals surface area contributed by atoms with E-state index < -0.39 is 11.8 Å². The molecule has 2 aromatic rings. The molecule has 0 bridgehead atoms. The van der Waals surface area contributed by atoms with Crippen molar-refractivity contribution in [2.24, 2.45) is 23.7 Å². The smallest absolute Gasteiger partial charge is 0.173 e. The van der Waals surface area contributed by atoms with E-state index in [1.807, 2.05) is 60.7 Å². The van der Waals surface area contributed by atoms with Gasteiger partial charge in [0.1, 0.15) is 0 Å². The number of rotatable bonds is 2. The van der Waals surface area contributed by atoms with E-state index in [0.717, 1.165) is 22.3 Å². The van der Waals surface area contributed by atoms with Crippen molar-refractivity contribution in [1.82, 2.24) is 0 Å². The van der Waals surface area contributed by atoms with Crippen LogP contribution in [0.25, 0.3) is 5.57 Å². The maximum absolute atomic E-state index is 13.5. The van der Waals surface area contributed by atoms with Crippen LogP contribution in [0.4, 0.5) is 5.69 Å². The number of nitrogens with one attached hydrogen (secondary N) is 1. The molecule has 7 rings (SSSR count). The highest BCUT2D eigenvalue weighted by atomic mass is 16.1. The lowest BCUT2D eigenvalue weighted by molar-refractivity contribution is 0.0802. The molecule has 0 heterocycles. The second kappa shape index (κ2) is 7.47. The summed E-state index contributed by atoms with van der Waals surface area (Å²) >= 11 is 0. The highest BCUT2D eigenvalue weighted by Crippen LogP contribution is 2.47. The summed E-state index contributed by atoms with van der Waals surface area (Å²) in [6.07, 6.45) is 16.6. The molecule has 2 aromatic carbocycles. The Labute approximate surface area is 203 Å². The van der Waals surface area contributed by atoms with Gasteiger partial charge in [-0.05, 0) is 29.2 Å². The van der Waals surface area contributed by atoms with Crippen LogP contribution in [0, 0.1) is 23.7 Å². The number of carbonyl (C=O) groups is 3. The molecule has 4 heteroatoms. The largest absolute Gasteiger partial charge is 0.377 e. The topological polar surface area (TPSA) is 63.2 Å². The SMILES string of the molecule is O=C1c2ccccc2C2=C3C1CC=CC3C(Nc1cccc3c1C(=O)C1C=CC=CC1C3=O)C=C2. The second-order valence-corrected chi connectivity index (χ2v) is 9.83. The number of carbonyl (C=O) groups excluding carboxylic acids is 3. The van der Waals surface area contributed by atoms with Crippen LogP contribution in [0.5, 0.6) is 0 Å². The third-order valence-electron chi connectivity index (χ3n) is 8.06. The average Bonchev–Trinajstić information content (AvgIpc) is 2.91. The molecule has 0 spiro atoms. The van der Waals surface area contributed by atoms with Gasteiger partial charge in [-0.1, -0.05) is 85.0 Å². The van der Waals surface area contributed by atoms with Crippen molar-refractivity contribution in [2.45, 2.75) is 12.5 Å². The molecule has 1 N–H and O–H groups in total. The van der Waals surface area contributed by atoms with Gasteiger partial charge in [-0.15, -0.1) is 0 Å². The van der Waals surface area contributed by atoms with Crippen LogP contribution in [0.3, 0.4) is 0 Å². The zero-order chi connectivity index (χ0) is 23.7. The van der Waals surface area contributed by atoms with Gasteiger partial charge < -0.3 is 5.32 Å². The lowest BCUT2D eigenvalue weighted by Gasteiger charge is -2.40. The van der Waals surface area contributed by atoms with E-state index in [9.17, 15) is 14.4 Å². The van der Waals surface area contributed by atoms with Crippen LogP contribution in [0.1, 0.15) is 43.1 Å². The summed E-state index contributed by atoms with van der Waals surface area (Å²) in [5.74, 6) is -0.877. The van der Waals surface area contributed by atoms with Crippen LogP contribution in [0.2, 0.25) is 0 Å². The Bertz CT molecular complexity index is 1480. The van der Waals surface area contributed by atoms with E-state index in [1.54, 1.807) is 6.07 Å². The van der Waals surface area contributed by atoms with Gasteiger partial charge in [-0.25, -0.2) is 0 Å². The second-order valence-electron chi connectivity index (χ2n) is 9.83. The molecule has 0 saturated carbocycles. The van der Waals surface area contributed by atoms with Gasteiger partial charge in [0.25, 0.3) is 0 Å². The van der Waals surface area contributed by atoms with Crippen LogP contribution < -0.4 is 5.32 Å². The highest BCUT2D eigenvalue weighted by Gasteiger charge is 2.43. The Morgan fingerprint density at radius 2 is 1.43 bits per heavy atom. The standard InChI is InChI=1S/C31H23NO3/c33-29-19-8-2-1-7-17(19)18-15-16-25(22-11-5-12-23(29)27(18)22)32-26-14-6-13-24-28(26)31(35)21-10-4-3-9-20(21)30(24)34/h1-11,13-16,20-23,25,32H,12H2. The summed E-state index contributed by atoms with van der Waals surface area (Å²) in [7, 11) is 0. The lowest BCUT2D eigenvalue weighted by atomic mass is 9.65. The maximum Gasteiger partial charge on any atom is 0.173 e. The van der Waals surface area contributed by atoms with Crippen LogP contribution >= 0.6 is 0 Å². The fraction of sp³-hybridized carbons (Fsp3) is 0.194. The first-order valence-electron chi connectivity index (χ1n) is 12.2. The Kier molecular flexibility index (Phi) is 4.34. The first-order valence-corrected chi connectivity index (χ1v) is 12.2. The Balaban J connectivity index is 1.29. The number of ketones is 3. The van der Waals surface area contributed by atoms with E-state index in [2.05, 4.69) is 29.6 Å². The third-order valence-corrected chi connectivity index (χ3v) is 8.06. The molecule has 0 aliphatic heterocycles. The van der Waals surface area contributed by atoms with Gasteiger partial charge in [-0.2, -0.15) is 0 Å². The van der Waals surface area contributed by atoms with Crippen LogP contribution in [0.15, 0.2) is 96.6 Å². The Morgan fingerprint density at radius 3 is 2.26 bits per heavy atom. The average molecular weight is 458 g/mol. The first-order chi connectivity index (χ1) is 17.1. The number of benzene rings is 2. The fourth-order valence-electron chi connectivity index (χ4n) is 6.45. The van der Waals surface area contributed by atoms with Gasteiger partial charge in [0.05, 0.1) is 23.4 Å². The van der Waals surface area contributed by atoms with Gasteiger partial charge in [0.15, 0.2) is 17.3 Å². The van der Waals surface area contributed by atoms with E-state index in [-0.39, 0.29) is 35.2 Å². The molecule has 170 valence electrons. The third kappa shape index (κ3) is 2.83. The van der Waals surface area contributed by atoms with Crippen LogP contribution in [-0.2, 0) is 0 Å². The zero-order valence-corrected chi connectivity index (χ0v) is 19.0. The molecule has 0 radical (unpaired) electrons. The number of allylic oxidation sites excluding steroid dienone is 7. The molecule has 5 atom stereocenters. The molecule has 5 aliphatic rings. The number of hydrogen-bond donors (Lipinski definition) is 1. The molecule has 5 aliphatic carbocycles. The minimum atomic E-state index is -0.453. The summed E-state index contributed by atoms with van der Waals surface area (Å²) in [4.78, 5) is 40.1. The minimum Gasteiger partial charge on any atom is -0.377 e. The van der Waals surface area contributed by atoms with Crippen LogP contribution in [-0.4, -0.2) is 23.4 Å². The summed E-state index contributed by atoms with van der Waals surface area (Å²) in [6.45, 7) is 0.